The molecule has 0 radical (unpaired) electrons. The molecule has 1 N–H and O–H groups in total. The first-order chi connectivity index (χ1) is 13.2. The largest absolute Gasteiger partial charge is 0.334 e. The number of amides is 2. The molecule has 3 aliphatic rings. The molecule has 27 heavy (non-hydrogen) atoms. The second-order valence-electron chi connectivity index (χ2n) is 7.86. The molecular formula is C21H24N4O2. The number of fused-ring (bicyclic) bond motifs is 1. The number of hydrogen-bond acceptors (Lipinski definition) is 3. The van der Waals surface area contributed by atoms with E-state index < -0.39 is 0 Å². The Bertz CT molecular complexity index is 886. The van der Waals surface area contributed by atoms with E-state index in [9.17, 15) is 9.59 Å². The zero-order chi connectivity index (χ0) is 18.4. The molecule has 6 heteroatoms. The normalized spacial score (nSPS) is 22.0. The lowest BCUT2D eigenvalue weighted by Gasteiger charge is -2.35. The minimum atomic E-state index is -0.0710. The molecule has 1 atom stereocenters. The fourth-order valence-electron chi connectivity index (χ4n) is 4.39. The van der Waals surface area contributed by atoms with Crippen LogP contribution in [0.3, 0.4) is 0 Å². The summed E-state index contributed by atoms with van der Waals surface area (Å²) in [6.45, 7) is 1.50. The topological polar surface area (TPSA) is 69.3 Å². The second-order valence-corrected chi connectivity index (χ2v) is 7.86. The molecule has 5 rings (SSSR count). The average molecular weight is 364 g/mol. The van der Waals surface area contributed by atoms with Crippen LogP contribution in [0.25, 0.3) is 0 Å². The van der Waals surface area contributed by atoms with E-state index in [-0.39, 0.29) is 23.8 Å². The maximum atomic E-state index is 13.0. The number of nitrogens with zero attached hydrogens (tertiary/aromatic N) is 3. The van der Waals surface area contributed by atoms with Crippen LogP contribution in [0.2, 0.25) is 0 Å². The maximum absolute atomic E-state index is 13.0. The lowest BCUT2D eigenvalue weighted by Crippen LogP contribution is -2.39. The standard InChI is InChI=1S/C21H24N4O2/c26-20(15-8-9-15)24-11-4-3-7-19(24)16-13-17(23-22-16)21(27)25-12-10-14-5-1-2-6-18(14)25/h1-2,5-6,13,15,19H,3-4,7-12H2,(H,22,23). The molecule has 0 bridgehead atoms. The van der Waals surface area contributed by atoms with Crippen LogP contribution in [0.1, 0.15) is 59.9 Å². The third-order valence-electron chi connectivity index (χ3n) is 6.02. The summed E-state index contributed by atoms with van der Waals surface area (Å²) in [5.41, 5.74) is 3.51. The van der Waals surface area contributed by atoms with Crippen molar-refractivity contribution in [2.75, 3.05) is 18.0 Å². The number of aromatic amines is 1. The Morgan fingerprint density at radius 1 is 1.07 bits per heavy atom. The highest BCUT2D eigenvalue weighted by Crippen LogP contribution is 2.37. The molecule has 140 valence electrons. The number of hydrogen-bond donors (Lipinski definition) is 1. The van der Waals surface area contributed by atoms with Gasteiger partial charge in [0.25, 0.3) is 5.91 Å². The minimum absolute atomic E-state index is 0.0202. The fraction of sp³-hybridized carbons (Fsp3) is 0.476. The summed E-state index contributed by atoms with van der Waals surface area (Å²) in [7, 11) is 0. The van der Waals surface area contributed by atoms with E-state index >= 15 is 0 Å². The summed E-state index contributed by atoms with van der Waals surface area (Å²) in [5, 5.41) is 7.37. The Balaban J connectivity index is 1.38. The van der Waals surface area contributed by atoms with Crippen molar-refractivity contribution < 1.29 is 9.59 Å². The van der Waals surface area contributed by atoms with Gasteiger partial charge in [0.05, 0.1) is 11.7 Å². The van der Waals surface area contributed by atoms with Crippen LogP contribution < -0.4 is 4.90 Å². The van der Waals surface area contributed by atoms with Gasteiger partial charge in [0.2, 0.25) is 5.91 Å². The molecule has 2 fully saturated rings. The average Bonchev–Trinajstić information content (AvgIpc) is 3.28. The number of benzene rings is 1. The Hall–Kier alpha value is -2.63. The Kier molecular flexibility index (Phi) is 3.99. The van der Waals surface area contributed by atoms with Gasteiger partial charge < -0.3 is 9.80 Å². The quantitative estimate of drug-likeness (QED) is 0.910. The van der Waals surface area contributed by atoms with Crippen molar-refractivity contribution in [1.29, 1.82) is 0 Å². The first-order valence-corrected chi connectivity index (χ1v) is 9.98. The highest BCUT2D eigenvalue weighted by molar-refractivity contribution is 6.06. The van der Waals surface area contributed by atoms with Crippen LogP contribution in [0.5, 0.6) is 0 Å². The predicted molar refractivity (Wildman–Crippen MR) is 101 cm³/mol. The molecule has 1 saturated carbocycles. The molecule has 1 aromatic heterocycles. The molecule has 1 aromatic carbocycles. The van der Waals surface area contributed by atoms with Crippen LogP contribution in [-0.2, 0) is 11.2 Å². The molecule has 1 unspecified atom stereocenters. The monoisotopic (exact) mass is 364 g/mol. The van der Waals surface area contributed by atoms with Crippen LogP contribution in [0.4, 0.5) is 5.69 Å². The van der Waals surface area contributed by atoms with Crippen LogP contribution in [-0.4, -0.2) is 40.0 Å². The number of likely N-dealkylation sites (tertiary alicyclic amines) is 1. The van der Waals surface area contributed by atoms with Crippen molar-refractivity contribution in [2.24, 2.45) is 5.92 Å². The molecule has 1 aliphatic carbocycles. The third-order valence-corrected chi connectivity index (χ3v) is 6.02. The number of nitrogens with one attached hydrogen (secondary N) is 1. The highest BCUT2D eigenvalue weighted by atomic mass is 16.2. The second kappa shape index (κ2) is 6.51. The molecule has 2 amide bonds. The van der Waals surface area contributed by atoms with Gasteiger partial charge in [-0.15, -0.1) is 0 Å². The maximum Gasteiger partial charge on any atom is 0.278 e. The van der Waals surface area contributed by atoms with Gasteiger partial charge >= 0.3 is 0 Å². The van der Waals surface area contributed by atoms with Gasteiger partial charge in [-0.1, -0.05) is 18.2 Å². The molecule has 3 heterocycles. The minimum Gasteiger partial charge on any atom is -0.334 e. The smallest absolute Gasteiger partial charge is 0.278 e. The summed E-state index contributed by atoms with van der Waals surface area (Å²) in [6, 6.07) is 9.91. The van der Waals surface area contributed by atoms with Gasteiger partial charge in [0, 0.05) is 24.7 Å². The predicted octanol–water partition coefficient (Wildman–Crippen LogP) is 3.08. The van der Waals surface area contributed by atoms with Crippen molar-refractivity contribution in [2.45, 2.75) is 44.6 Å². The van der Waals surface area contributed by atoms with Crippen molar-refractivity contribution in [3.05, 3.63) is 47.3 Å². The fourth-order valence-corrected chi connectivity index (χ4v) is 4.39. The first-order valence-electron chi connectivity index (χ1n) is 9.98. The SMILES string of the molecule is O=C(c1cc(C2CCCCN2C(=O)C2CC2)[nH]n1)N1CCc2ccccc21. The van der Waals surface area contributed by atoms with E-state index in [4.69, 9.17) is 0 Å². The molecule has 2 aliphatic heterocycles. The van der Waals surface area contributed by atoms with Gasteiger partial charge in [0.1, 0.15) is 0 Å². The van der Waals surface area contributed by atoms with Gasteiger partial charge in [-0.2, -0.15) is 5.10 Å². The van der Waals surface area contributed by atoms with Crippen LogP contribution >= 0.6 is 0 Å². The van der Waals surface area contributed by atoms with Gasteiger partial charge in [-0.3, -0.25) is 14.7 Å². The molecule has 1 saturated heterocycles. The molecular weight excluding hydrogens is 340 g/mol. The number of aromatic nitrogens is 2. The van der Waals surface area contributed by atoms with Crippen LogP contribution in [0, 0.1) is 5.92 Å². The number of anilines is 1. The summed E-state index contributed by atoms with van der Waals surface area (Å²) < 4.78 is 0. The van der Waals surface area contributed by atoms with Gasteiger partial charge in [-0.05, 0) is 56.2 Å². The number of rotatable bonds is 3. The van der Waals surface area contributed by atoms with Crippen molar-refractivity contribution >= 4 is 17.5 Å². The Morgan fingerprint density at radius 2 is 1.93 bits per heavy atom. The Labute approximate surface area is 158 Å². The summed E-state index contributed by atoms with van der Waals surface area (Å²) in [5.74, 6) is 0.421. The zero-order valence-corrected chi connectivity index (χ0v) is 15.4. The Morgan fingerprint density at radius 3 is 2.78 bits per heavy atom. The lowest BCUT2D eigenvalue weighted by molar-refractivity contribution is -0.136. The van der Waals surface area contributed by atoms with Crippen molar-refractivity contribution in [3.8, 4) is 0 Å². The van der Waals surface area contributed by atoms with E-state index in [2.05, 4.69) is 16.3 Å². The van der Waals surface area contributed by atoms with Crippen molar-refractivity contribution in [1.82, 2.24) is 15.1 Å². The van der Waals surface area contributed by atoms with E-state index in [0.29, 0.717) is 12.2 Å². The molecule has 2 aromatic rings. The van der Waals surface area contributed by atoms with E-state index in [1.807, 2.05) is 34.1 Å². The lowest BCUT2D eigenvalue weighted by atomic mass is 9.98. The first kappa shape index (κ1) is 16.5. The number of piperidine rings is 1. The number of H-pyrrole nitrogens is 1. The number of carbonyl (C=O) groups excluding carboxylic acids is 2. The zero-order valence-electron chi connectivity index (χ0n) is 15.4. The van der Waals surface area contributed by atoms with E-state index in [1.54, 1.807) is 0 Å². The third kappa shape index (κ3) is 2.93. The molecule has 0 spiro atoms. The summed E-state index contributed by atoms with van der Waals surface area (Å²) >= 11 is 0. The summed E-state index contributed by atoms with van der Waals surface area (Å²) in [4.78, 5) is 29.5. The van der Waals surface area contributed by atoms with Crippen LogP contribution in [0.15, 0.2) is 30.3 Å². The number of para-hydroxylation sites is 1. The number of carbonyl (C=O) groups is 2. The van der Waals surface area contributed by atoms with Gasteiger partial charge in [-0.25, -0.2) is 0 Å². The van der Waals surface area contributed by atoms with E-state index in [1.165, 1.54) is 5.56 Å². The highest BCUT2D eigenvalue weighted by Gasteiger charge is 2.38. The van der Waals surface area contributed by atoms with Crippen molar-refractivity contribution in [3.63, 3.8) is 0 Å². The molecule has 6 nitrogen and oxygen atoms in total. The summed E-state index contributed by atoms with van der Waals surface area (Å²) in [6.07, 6.45) is 6.00. The van der Waals surface area contributed by atoms with E-state index in [0.717, 1.165) is 56.5 Å². The van der Waals surface area contributed by atoms with Gasteiger partial charge in [0.15, 0.2) is 5.69 Å².